The van der Waals surface area contributed by atoms with E-state index in [1.54, 1.807) is 12.1 Å². The highest BCUT2D eigenvalue weighted by Gasteiger charge is 2.19. The highest BCUT2D eigenvalue weighted by atomic mass is 16.2. The van der Waals surface area contributed by atoms with Crippen LogP contribution in [0.2, 0.25) is 0 Å². The van der Waals surface area contributed by atoms with Gasteiger partial charge >= 0.3 is 0 Å². The number of hydrogen-bond donors (Lipinski definition) is 3. The van der Waals surface area contributed by atoms with E-state index in [9.17, 15) is 9.59 Å². The van der Waals surface area contributed by atoms with Gasteiger partial charge in [0.2, 0.25) is 5.91 Å². The lowest BCUT2D eigenvalue weighted by Gasteiger charge is -2.22. The molecule has 0 fully saturated rings. The first-order chi connectivity index (χ1) is 9.35. The van der Waals surface area contributed by atoms with E-state index in [1.165, 1.54) is 11.0 Å². The predicted molar refractivity (Wildman–Crippen MR) is 80.1 cm³/mol. The minimum Gasteiger partial charge on any atom is -0.399 e. The molecule has 1 aromatic carbocycles. The third-order valence-electron chi connectivity index (χ3n) is 2.76. The van der Waals surface area contributed by atoms with Crippen molar-refractivity contribution in [1.82, 2.24) is 10.2 Å². The van der Waals surface area contributed by atoms with Gasteiger partial charge in [0.25, 0.3) is 5.91 Å². The smallest absolute Gasteiger partial charge is 0.256 e. The molecule has 6 heteroatoms. The monoisotopic (exact) mass is 278 g/mol. The Morgan fingerprint density at radius 3 is 2.45 bits per heavy atom. The van der Waals surface area contributed by atoms with Crippen LogP contribution in [-0.4, -0.2) is 35.8 Å². The Bertz CT molecular complexity index is 500. The normalized spacial score (nSPS) is 10.4. The zero-order chi connectivity index (χ0) is 15.3. The van der Waals surface area contributed by atoms with Crippen molar-refractivity contribution in [2.75, 3.05) is 24.6 Å². The van der Waals surface area contributed by atoms with E-state index in [1.807, 2.05) is 20.8 Å². The fraction of sp³-hybridized carbons (Fsp3) is 0.429. The Morgan fingerprint density at radius 2 is 1.95 bits per heavy atom. The molecule has 1 aromatic rings. The van der Waals surface area contributed by atoms with E-state index in [0.717, 1.165) is 0 Å². The fourth-order valence-electron chi connectivity index (χ4n) is 1.81. The lowest BCUT2D eigenvalue weighted by molar-refractivity contribution is -0.122. The molecule has 0 atom stereocenters. The molecule has 0 bridgehead atoms. The largest absolute Gasteiger partial charge is 0.399 e. The van der Waals surface area contributed by atoms with Crippen molar-refractivity contribution in [3.05, 3.63) is 23.8 Å². The number of amides is 2. The molecule has 2 amide bonds. The summed E-state index contributed by atoms with van der Waals surface area (Å²) < 4.78 is 0. The molecule has 110 valence electrons. The van der Waals surface area contributed by atoms with E-state index < -0.39 is 0 Å². The molecule has 1 rings (SSSR count). The molecule has 0 aliphatic heterocycles. The highest BCUT2D eigenvalue weighted by molar-refractivity contribution is 6.01. The van der Waals surface area contributed by atoms with Crippen LogP contribution in [0.5, 0.6) is 0 Å². The van der Waals surface area contributed by atoms with E-state index in [2.05, 4.69) is 5.32 Å². The average molecular weight is 278 g/mol. The van der Waals surface area contributed by atoms with Crippen molar-refractivity contribution in [3.63, 3.8) is 0 Å². The number of hydrogen-bond acceptors (Lipinski definition) is 4. The molecule has 6 nitrogen and oxygen atoms in total. The first-order valence-corrected chi connectivity index (χ1v) is 6.58. The number of carbonyl (C=O) groups is 2. The quantitative estimate of drug-likeness (QED) is 0.694. The number of carbonyl (C=O) groups excluding carboxylic acids is 2. The second-order valence-electron chi connectivity index (χ2n) is 4.89. The summed E-state index contributed by atoms with van der Waals surface area (Å²) in [5, 5.41) is 2.75. The van der Waals surface area contributed by atoms with Crippen LogP contribution in [0.3, 0.4) is 0 Å². The van der Waals surface area contributed by atoms with Crippen molar-refractivity contribution in [2.24, 2.45) is 0 Å². The first kappa shape index (κ1) is 15.8. The molecule has 0 unspecified atom stereocenters. The van der Waals surface area contributed by atoms with Gasteiger partial charge in [-0.2, -0.15) is 0 Å². The van der Waals surface area contributed by atoms with Crippen molar-refractivity contribution < 1.29 is 9.59 Å². The Morgan fingerprint density at radius 1 is 1.30 bits per heavy atom. The Hall–Kier alpha value is -2.24. The standard InChI is InChI=1S/C14H22N4O2/c1-4-18(8-13(19)17-9(2)3)14(20)11-6-5-10(15)7-12(11)16/h5-7,9H,4,8,15-16H2,1-3H3,(H,17,19). The van der Waals surface area contributed by atoms with Gasteiger partial charge in [-0.1, -0.05) is 0 Å². The SMILES string of the molecule is CCN(CC(=O)NC(C)C)C(=O)c1ccc(N)cc1N. The molecule has 5 N–H and O–H groups in total. The van der Waals surface area contributed by atoms with Crippen LogP contribution in [0, 0.1) is 0 Å². The van der Waals surface area contributed by atoms with E-state index in [0.29, 0.717) is 23.5 Å². The zero-order valence-electron chi connectivity index (χ0n) is 12.1. The summed E-state index contributed by atoms with van der Waals surface area (Å²) in [6.45, 7) is 5.99. The fourth-order valence-corrected chi connectivity index (χ4v) is 1.81. The van der Waals surface area contributed by atoms with E-state index in [4.69, 9.17) is 11.5 Å². The van der Waals surface area contributed by atoms with Crippen LogP contribution in [-0.2, 0) is 4.79 Å². The van der Waals surface area contributed by atoms with Gasteiger partial charge in [0.05, 0.1) is 12.1 Å². The van der Waals surface area contributed by atoms with Crippen molar-refractivity contribution in [3.8, 4) is 0 Å². The molecule has 0 aliphatic carbocycles. The molecule has 0 aromatic heterocycles. The average Bonchev–Trinajstić information content (AvgIpc) is 2.34. The predicted octanol–water partition coefficient (Wildman–Crippen LogP) is 0.838. The number of rotatable bonds is 5. The second kappa shape index (κ2) is 6.79. The van der Waals surface area contributed by atoms with Crippen LogP contribution < -0.4 is 16.8 Å². The van der Waals surface area contributed by atoms with Crippen LogP contribution in [0.15, 0.2) is 18.2 Å². The van der Waals surface area contributed by atoms with Gasteiger partial charge in [-0.25, -0.2) is 0 Å². The van der Waals surface area contributed by atoms with E-state index in [-0.39, 0.29) is 24.4 Å². The number of nitrogens with zero attached hydrogens (tertiary/aromatic N) is 1. The molecule has 0 heterocycles. The van der Waals surface area contributed by atoms with Gasteiger partial charge in [-0.3, -0.25) is 9.59 Å². The molecular weight excluding hydrogens is 256 g/mol. The van der Waals surface area contributed by atoms with E-state index >= 15 is 0 Å². The number of likely N-dealkylation sites (N-methyl/N-ethyl adjacent to an activating group) is 1. The van der Waals surface area contributed by atoms with Gasteiger partial charge in [-0.15, -0.1) is 0 Å². The highest BCUT2D eigenvalue weighted by Crippen LogP contribution is 2.17. The summed E-state index contributed by atoms with van der Waals surface area (Å²) in [7, 11) is 0. The molecule has 0 radical (unpaired) electrons. The third-order valence-corrected chi connectivity index (χ3v) is 2.76. The van der Waals surface area contributed by atoms with Crippen molar-refractivity contribution in [1.29, 1.82) is 0 Å². The third kappa shape index (κ3) is 4.15. The Balaban J connectivity index is 2.84. The van der Waals surface area contributed by atoms with Crippen LogP contribution in [0.25, 0.3) is 0 Å². The maximum absolute atomic E-state index is 12.4. The summed E-state index contributed by atoms with van der Waals surface area (Å²) >= 11 is 0. The van der Waals surface area contributed by atoms with Crippen LogP contribution >= 0.6 is 0 Å². The van der Waals surface area contributed by atoms with Gasteiger partial charge in [0.1, 0.15) is 0 Å². The van der Waals surface area contributed by atoms with Crippen LogP contribution in [0.1, 0.15) is 31.1 Å². The maximum atomic E-state index is 12.4. The Kier molecular flexibility index (Phi) is 5.37. The number of nitrogen functional groups attached to an aromatic ring is 2. The summed E-state index contributed by atoms with van der Waals surface area (Å²) in [4.78, 5) is 25.5. The number of anilines is 2. The molecule has 0 spiro atoms. The Labute approximate surface area is 119 Å². The molecular formula is C14H22N4O2. The summed E-state index contributed by atoms with van der Waals surface area (Å²) in [6.07, 6.45) is 0. The topological polar surface area (TPSA) is 101 Å². The second-order valence-corrected chi connectivity index (χ2v) is 4.89. The summed E-state index contributed by atoms with van der Waals surface area (Å²) in [6, 6.07) is 4.77. The zero-order valence-corrected chi connectivity index (χ0v) is 12.1. The van der Waals surface area contributed by atoms with Crippen molar-refractivity contribution >= 4 is 23.2 Å². The minimum atomic E-state index is -0.274. The number of nitrogens with one attached hydrogen (secondary N) is 1. The van der Waals surface area contributed by atoms with Gasteiger partial charge in [0, 0.05) is 24.0 Å². The van der Waals surface area contributed by atoms with Gasteiger partial charge < -0.3 is 21.7 Å². The summed E-state index contributed by atoms with van der Waals surface area (Å²) in [5.74, 6) is -0.465. The lowest BCUT2D eigenvalue weighted by Crippen LogP contribution is -2.42. The first-order valence-electron chi connectivity index (χ1n) is 6.58. The molecule has 20 heavy (non-hydrogen) atoms. The lowest BCUT2D eigenvalue weighted by atomic mass is 10.1. The molecule has 0 aliphatic rings. The molecule has 0 saturated heterocycles. The van der Waals surface area contributed by atoms with Gasteiger partial charge in [-0.05, 0) is 39.0 Å². The van der Waals surface area contributed by atoms with Crippen LogP contribution in [0.4, 0.5) is 11.4 Å². The molecule has 0 saturated carbocycles. The minimum absolute atomic E-state index is 0.0112. The number of nitrogens with two attached hydrogens (primary N) is 2. The number of benzene rings is 1. The summed E-state index contributed by atoms with van der Waals surface area (Å²) in [5.41, 5.74) is 12.6. The van der Waals surface area contributed by atoms with Gasteiger partial charge in [0.15, 0.2) is 0 Å². The maximum Gasteiger partial charge on any atom is 0.256 e. The van der Waals surface area contributed by atoms with Crippen molar-refractivity contribution in [2.45, 2.75) is 26.8 Å².